The Morgan fingerprint density at radius 2 is 1.55 bits per heavy atom. The van der Waals surface area contributed by atoms with E-state index >= 15 is 0 Å². The molecule has 1 N–H and O–H groups in total. The molecule has 1 saturated carbocycles. The zero-order valence-corrected chi connectivity index (χ0v) is 16.9. The number of benzene rings is 2. The number of carbonyl (C=O) groups excluding carboxylic acids is 1. The van der Waals surface area contributed by atoms with Crippen molar-refractivity contribution in [3.05, 3.63) is 64.7 Å². The minimum Gasteiger partial charge on any atom is -0.351 e. The normalized spacial score (nSPS) is 16.6. The average molecular weight is 446 g/mol. The average Bonchev–Trinajstić information content (AvgIpc) is 3.18. The van der Waals surface area contributed by atoms with Gasteiger partial charge in [0.15, 0.2) is 14.6 Å². The first-order chi connectivity index (χ1) is 13.6. The first-order valence-electron chi connectivity index (χ1n) is 9.01. The van der Waals surface area contributed by atoms with Crippen molar-refractivity contribution in [2.45, 2.75) is 48.0 Å². The van der Waals surface area contributed by atoms with Gasteiger partial charge < -0.3 is 5.32 Å². The van der Waals surface area contributed by atoms with E-state index in [1.54, 1.807) is 0 Å². The van der Waals surface area contributed by atoms with Crippen molar-refractivity contribution >= 4 is 27.3 Å². The van der Waals surface area contributed by atoms with Crippen LogP contribution in [-0.4, -0.2) is 19.1 Å². The summed E-state index contributed by atoms with van der Waals surface area (Å²) >= 11 is 5.83. The fourth-order valence-electron chi connectivity index (χ4n) is 3.56. The molecule has 4 nitrogen and oxygen atoms in total. The minimum absolute atomic E-state index is 0.0217. The Morgan fingerprint density at radius 3 is 2.07 bits per heavy atom. The summed E-state index contributed by atoms with van der Waals surface area (Å²) in [5.74, 6) is -0.634. The van der Waals surface area contributed by atoms with Gasteiger partial charge in [-0.3, -0.25) is 4.79 Å². The van der Waals surface area contributed by atoms with Crippen LogP contribution in [0.25, 0.3) is 0 Å². The van der Waals surface area contributed by atoms with Gasteiger partial charge in [0.1, 0.15) is 0 Å². The van der Waals surface area contributed by atoms with E-state index in [1.807, 2.05) is 0 Å². The predicted molar refractivity (Wildman–Crippen MR) is 103 cm³/mol. The highest BCUT2D eigenvalue weighted by Crippen LogP contribution is 2.41. The summed E-state index contributed by atoms with van der Waals surface area (Å²) in [6, 6.07) is 10.0. The fourth-order valence-corrected chi connectivity index (χ4v) is 5.77. The van der Waals surface area contributed by atoms with Gasteiger partial charge in [-0.25, -0.2) is 8.42 Å². The zero-order chi connectivity index (χ0) is 21.3. The van der Waals surface area contributed by atoms with Crippen LogP contribution in [0.3, 0.4) is 0 Å². The number of nitrogens with one attached hydrogen (secondary N) is 1. The molecule has 0 saturated heterocycles. The van der Waals surface area contributed by atoms with Crippen LogP contribution < -0.4 is 5.32 Å². The van der Waals surface area contributed by atoms with E-state index in [1.165, 1.54) is 36.4 Å². The molecule has 2 aromatic carbocycles. The number of alkyl halides is 3. The lowest BCUT2D eigenvalue weighted by Crippen LogP contribution is -2.50. The molecule has 156 valence electrons. The van der Waals surface area contributed by atoms with Gasteiger partial charge in [0, 0.05) is 11.6 Å². The Hall–Kier alpha value is -2.06. The van der Waals surface area contributed by atoms with Gasteiger partial charge in [0.05, 0.1) is 10.5 Å². The quantitative estimate of drug-likeness (QED) is 0.721. The van der Waals surface area contributed by atoms with E-state index in [-0.39, 0.29) is 24.3 Å². The van der Waals surface area contributed by atoms with Gasteiger partial charge in [0.25, 0.3) is 0 Å². The van der Waals surface area contributed by atoms with Crippen LogP contribution in [0.5, 0.6) is 0 Å². The maximum atomic E-state index is 13.2. The lowest BCUT2D eigenvalue weighted by molar-refractivity contribution is -0.137. The fraction of sp³-hybridized carbons (Fsp3) is 0.350. The summed E-state index contributed by atoms with van der Waals surface area (Å²) in [5, 5.41) is 2.99. The number of carbonyl (C=O) groups is 1. The lowest BCUT2D eigenvalue weighted by atomic mass is 10.1. The third kappa shape index (κ3) is 4.28. The molecule has 0 atom stereocenters. The smallest absolute Gasteiger partial charge is 0.351 e. The summed E-state index contributed by atoms with van der Waals surface area (Å²) in [6.45, 7) is -0.0607. The van der Waals surface area contributed by atoms with E-state index in [0.717, 1.165) is 12.1 Å². The van der Waals surface area contributed by atoms with Crippen molar-refractivity contribution in [1.29, 1.82) is 0 Å². The van der Waals surface area contributed by atoms with Crippen LogP contribution in [0.1, 0.15) is 36.8 Å². The second-order valence-corrected chi connectivity index (χ2v) is 9.73. The monoisotopic (exact) mass is 445 g/mol. The van der Waals surface area contributed by atoms with Gasteiger partial charge in [-0.15, -0.1) is 0 Å². The largest absolute Gasteiger partial charge is 0.416 e. The molecule has 29 heavy (non-hydrogen) atoms. The van der Waals surface area contributed by atoms with E-state index in [0.29, 0.717) is 23.4 Å². The second kappa shape index (κ2) is 7.99. The van der Waals surface area contributed by atoms with Crippen LogP contribution in [-0.2, 0) is 27.4 Å². The predicted octanol–water partition coefficient (Wildman–Crippen LogP) is 4.76. The highest BCUT2D eigenvalue weighted by Gasteiger charge is 2.52. The molecule has 0 aromatic heterocycles. The number of sulfone groups is 1. The molecule has 0 radical (unpaired) electrons. The van der Waals surface area contributed by atoms with E-state index in [4.69, 9.17) is 11.6 Å². The molecule has 1 aliphatic rings. The van der Waals surface area contributed by atoms with Crippen LogP contribution >= 0.6 is 11.6 Å². The van der Waals surface area contributed by atoms with Crippen molar-refractivity contribution in [2.24, 2.45) is 0 Å². The number of hydrogen-bond acceptors (Lipinski definition) is 3. The summed E-state index contributed by atoms with van der Waals surface area (Å²) in [4.78, 5) is 13.0. The highest BCUT2D eigenvalue weighted by atomic mass is 35.5. The van der Waals surface area contributed by atoms with E-state index in [2.05, 4.69) is 5.32 Å². The first-order valence-corrected chi connectivity index (χ1v) is 10.9. The second-order valence-electron chi connectivity index (χ2n) is 7.04. The molecule has 2 aromatic rings. The van der Waals surface area contributed by atoms with Crippen molar-refractivity contribution in [3.8, 4) is 0 Å². The Labute approximate surface area is 172 Å². The number of amides is 1. The Kier molecular flexibility index (Phi) is 5.96. The molecule has 1 fully saturated rings. The van der Waals surface area contributed by atoms with Gasteiger partial charge in [-0.05, 0) is 54.8 Å². The van der Waals surface area contributed by atoms with Crippen molar-refractivity contribution < 1.29 is 26.4 Å². The molecule has 0 spiro atoms. The molecular weight excluding hydrogens is 427 g/mol. The van der Waals surface area contributed by atoms with Crippen LogP contribution in [0, 0.1) is 0 Å². The molecule has 1 aliphatic carbocycles. The van der Waals surface area contributed by atoms with Gasteiger partial charge in [0.2, 0.25) is 5.91 Å². The third-order valence-corrected chi connectivity index (χ3v) is 7.96. The van der Waals surface area contributed by atoms with Gasteiger partial charge >= 0.3 is 6.18 Å². The SMILES string of the molecule is O=C(NCc1ccc(C(F)(F)F)cc1)C1(S(=O)(=O)c2ccc(Cl)cc2)CCCC1. The van der Waals surface area contributed by atoms with Crippen LogP contribution in [0.15, 0.2) is 53.4 Å². The zero-order valence-electron chi connectivity index (χ0n) is 15.3. The maximum Gasteiger partial charge on any atom is 0.416 e. The summed E-state index contributed by atoms with van der Waals surface area (Å²) in [7, 11) is -3.97. The molecule has 9 heteroatoms. The summed E-state index contributed by atoms with van der Waals surface area (Å²) < 4.78 is 62.9. The third-order valence-electron chi connectivity index (χ3n) is 5.20. The first kappa shape index (κ1) is 21.6. The molecular formula is C20H19ClF3NO3S. The number of hydrogen-bond donors (Lipinski definition) is 1. The van der Waals surface area contributed by atoms with E-state index < -0.39 is 32.2 Å². The molecule has 0 heterocycles. The minimum atomic E-state index is -4.44. The summed E-state index contributed by atoms with van der Waals surface area (Å²) in [6.07, 6.45) is -2.86. The maximum absolute atomic E-state index is 13.2. The van der Waals surface area contributed by atoms with E-state index in [9.17, 15) is 26.4 Å². The topological polar surface area (TPSA) is 63.2 Å². The van der Waals surface area contributed by atoms with Crippen molar-refractivity contribution in [2.75, 3.05) is 0 Å². The Balaban J connectivity index is 1.80. The lowest BCUT2D eigenvalue weighted by Gasteiger charge is -2.27. The highest BCUT2D eigenvalue weighted by molar-refractivity contribution is 7.93. The van der Waals surface area contributed by atoms with Crippen molar-refractivity contribution in [1.82, 2.24) is 5.32 Å². The standard InChI is InChI=1S/C20H19ClF3NO3S/c21-16-7-9-17(10-8-16)29(27,28)19(11-1-2-12-19)18(26)25-13-14-3-5-15(6-4-14)20(22,23)24/h3-10H,1-2,11-13H2,(H,25,26). The Morgan fingerprint density at radius 1 is 1.00 bits per heavy atom. The summed E-state index contributed by atoms with van der Waals surface area (Å²) in [5.41, 5.74) is -0.339. The van der Waals surface area contributed by atoms with Crippen LogP contribution in [0.4, 0.5) is 13.2 Å². The van der Waals surface area contributed by atoms with Gasteiger partial charge in [-0.1, -0.05) is 36.6 Å². The molecule has 0 unspecified atom stereocenters. The number of halogens is 4. The Bertz CT molecular complexity index is 981. The molecule has 0 bridgehead atoms. The van der Waals surface area contributed by atoms with Crippen LogP contribution in [0.2, 0.25) is 5.02 Å². The molecule has 3 rings (SSSR count). The molecule has 0 aliphatic heterocycles. The molecule has 1 amide bonds. The van der Waals surface area contributed by atoms with Gasteiger partial charge in [-0.2, -0.15) is 13.2 Å². The number of rotatable bonds is 5. The van der Waals surface area contributed by atoms with Crippen molar-refractivity contribution in [3.63, 3.8) is 0 Å².